The number of hydrogen-bond donors (Lipinski definition) is 0. The minimum absolute atomic E-state index is 0.106. The van der Waals surface area contributed by atoms with Crippen molar-refractivity contribution in [1.82, 2.24) is 9.21 Å². The number of benzene rings is 2. The number of sulfonamides is 1. The quantitative estimate of drug-likeness (QED) is 0.299. The van der Waals surface area contributed by atoms with E-state index < -0.39 is 51.0 Å². The third-order valence-corrected chi connectivity index (χ3v) is 8.52. The van der Waals surface area contributed by atoms with Crippen molar-refractivity contribution in [3.8, 4) is 0 Å². The van der Waals surface area contributed by atoms with Crippen molar-refractivity contribution in [3.63, 3.8) is 0 Å². The standard InChI is InChI=1S/C25H26F4N2O3S2/c1-3-18(2)31(36(33,34)23-8-4-6-20(14-23)25(27,28)29)17-24(32)30(16-22-7-5-13-35-22)15-19-9-11-21(26)12-10-19/h4-14,18H,3,15-17H2,1-2H3/t18-/m0/s1. The maximum atomic E-state index is 13.4. The number of hydrogen-bond acceptors (Lipinski definition) is 4. The molecule has 0 saturated heterocycles. The minimum atomic E-state index is -4.71. The fourth-order valence-corrected chi connectivity index (χ4v) is 5.94. The second kappa shape index (κ2) is 11.5. The molecule has 1 atom stereocenters. The first-order valence-corrected chi connectivity index (χ1v) is 13.5. The second-order valence-electron chi connectivity index (χ2n) is 8.29. The molecule has 2 aromatic carbocycles. The third-order valence-electron chi connectivity index (χ3n) is 5.71. The van der Waals surface area contributed by atoms with Gasteiger partial charge in [0, 0.05) is 17.5 Å². The summed E-state index contributed by atoms with van der Waals surface area (Å²) < 4.78 is 80.8. The fraction of sp³-hybridized carbons (Fsp3) is 0.320. The van der Waals surface area contributed by atoms with Gasteiger partial charge in [-0.15, -0.1) is 11.3 Å². The third kappa shape index (κ3) is 6.92. The molecule has 0 fully saturated rings. The van der Waals surface area contributed by atoms with Crippen LogP contribution in [0.25, 0.3) is 0 Å². The van der Waals surface area contributed by atoms with E-state index in [2.05, 4.69) is 0 Å². The van der Waals surface area contributed by atoms with Gasteiger partial charge in [0.25, 0.3) is 0 Å². The van der Waals surface area contributed by atoms with Gasteiger partial charge in [0.1, 0.15) is 5.82 Å². The molecule has 0 spiro atoms. The number of thiophene rings is 1. The Morgan fingerprint density at radius 3 is 2.31 bits per heavy atom. The lowest BCUT2D eigenvalue weighted by molar-refractivity contribution is -0.137. The summed E-state index contributed by atoms with van der Waals surface area (Å²) in [4.78, 5) is 15.2. The zero-order valence-electron chi connectivity index (χ0n) is 19.7. The van der Waals surface area contributed by atoms with Crippen LogP contribution in [0.4, 0.5) is 17.6 Å². The molecule has 3 rings (SSSR count). The average Bonchev–Trinajstić information content (AvgIpc) is 3.35. The Morgan fingerprint density at radius 1 is 1.03 bits per heavy atom. The molecule has 11 heteroatoms. The van der Waals surface area contributed by atoms with Gasteiger partial charge in [-0.3, -0.25) is 4.79 Å². The lowest BCUT2D eigenvalue weighted by atomic mass is 10.2. The predicted molar refractivity (Wildman–Crippen MR) is 130 cm³/mol. The largest absolute Gasteiger partial charge is 0.416 e. The fourth-order valence-electron chi connectivity index (χ4n) is 3.52. The number of alkyl halides is 3. The van der Waals surface area contributed by atoms with E-state index in [9.17, 15) is 30.8 Å². The summed E-state index contributed by atoms with van der Waals surface area (Å²) in [6, 6.07) is 12.1. The summed E-state index contributed by atoms with van der Waals surface area (Å²) in [5, 5.41) is 1.85. The zero-order chi connectivity index (χ0) is 26.5. The smallest absolute Gasteiger partial charge is 0.332 e. The van der Waals surface area contributed by atoms with E-state index in [1.807, 2.05) is 17.5 Å². The van der Waals surface area contributed by atoms with Crippen LogP contribution in [0.5, 0.6) is 0 Å². The van der Waals surface area contributed by atoms with Crippen molar-refractivity contribution in [2.75, 3.05) is 6.54 Å². The Hall–Kier alpha value is -2.76. The number of halogens is 4. The highest BCUT2D eigenvalue weighted by Crippen LogP contribution is 2.31. The first-order valence-electron chi connectivity index (χ1n) is 11.2. The highest BCUT2D eigenvalue weighted by Gasteiger charge is 2.35. The van der Waals surface area contributed by atoms with Crippen LogP contribution in [-0.4, -0.2) is 36.1 Å². The van der Waals surface area contributed by atoms with E-state index in [0.29, 0.717) is 18.1 Å². The first kappa shape index (κ1) is 27.8. The molecule has 1 amide bonds. The molecule has 194 valence electrons. The van der Waals surface area contributed by atoms with E-state index in [-0.39, 0.29) is 13.1 Å². The van der Waals surface area contributed by atoms with E-state index >= 15 is 0 Å². The summed E-state index contributed by atoms with van der Waals surface area (Å²) in [5.41, 5.74) is -0.438. The Labute approximate surface area is 212 Å². The molecular formula is C25H26F4N2O3S2. The van der Waals surface area contributed by atoms with Crippen LogP contribution in [0.2, 0.25) is 0 Å². The van der Waals surface area contributed by atoms with Crippen molar-refractivity contribution in [2.24, 2.45) is 0 Å². The molecule has 36 heavy (non-hydrogen) atoms. The van der Waals surface area contributed by atoms with Crippen LogP contribution < -0.4 is 0 Å². The van der Waals surface area contributed by atoms with Crippen LogP contribution in [0, 0.1) is 5.82 Å². The van der Waals surface area contributed by atoms with Crippen molar-refractivity contribution in [2.45, 2.75) is 50.5 Å². The van der Waals surface area contributed by atoms with E-state index in [4.69, 9.17) is 0 Å². The summed E-state index contributed by atoms with van der Waals surface area (Å²) >= 11 is 1.43. The predicted octanol–water partition coefficient (Wildman–Crippen LogP) is 5.92. The van der Waals surface area contributed by atoms with Crippen LogP contribution in [0.15, 0.2) is 70.9 Å². The molecule has 0 aliphatic rings. The Balaban J connectivity index is 1.92. The van der Waals surface area contributed by atoms with Crippen molar-refractivity contribution < 1.29 is 30.8 Å². The second-order valence-corrected chi connectivity index (χ2v) is 11.2. The lowest BCUT2D eigenvalue weighted by Crippen LogP contribution is -2.46. The van der Waals surface area contributed by atoms with Gasteiger partial charge >= 0.3 is 6.18 Å². The monoisotopic (exact) mass is 542 g/mol. The molecular weight excluding hydrogens is 516 g/mol. The molecule has 0 bridgehead atoms. The SMILES string of the molecule is CC[C@H](C)N(CC(=O)N(Cc1ccc(F)cc1)Cc1cccs1)S(=O)(=O)c1cccc(C(F)(F)F)c1. The van der Waals surface area contributed by atoms with Gasteiger partial charge in [0.05, 0.1) is 23.5 Å². The van der Waals surface area contributed by atoms with Crippen molar-refractivity contribution in [3.05, 3.63) is 87.9 Å². The van der Waals surface area contributed by atoms with Crippen LogP contribution >= 0.6 is 11.3 Å². The molecule has 0 unspecified atom stereocenters. The molecule has 0 aliphatic heterocycles. The molecule has 1 heterocycles. The lowest BCUT2D eigenvalue weighted by Gasteiger charge is -2.30. The summed E-state index contributed by atoms with van der Waals surface area (Å²) in [6.45, 7) is 3.08. The Morgan fingerprint density at radius 2 is 1.72 bits per heavy atom. The molecule has 5 nitrogen and oxygen atoms in total. The highest BCUT2D eigenvalue weighted by molar-refractivity contribution is 7.89. The number of rotatable bonds is 10. The molecule has 0 radical (unpaired) electrons. The normalized spacial score (nSPS) is 13.1. The van der Waals surface area contributed by atoms with Gasteiger partial charge in [-0.2, -0.15) is 17.5 Å². The maximum absolute atomic E-state index is 13.4. The summed E-state index contributed by atoms with van der Waals surface area (Å²) in [6.07, 6.45) is -4.37. The highest BCUT2D eigenvalue weighted by atomic mass is 32.2. The van der Waals surface area contributed by atoms with E-state index in [1.165, 1.54) is 40.5 Å². The minimum Gasteiger partial charge on any atom is -0.332 e. The summed E-state index contributed by atoms with van der Waals surface area (Å²) in [7, 11) is -4.43. The molecule has 3 aromatic rings. The van der Waals surface area contributed by atoms with Crippen LogP contribution in [0.3, 0.4) is 0 Å². The van der Waals surface area contributed by atoms with Gasteiger partial charge in [-0.1, -0.05) is 31.2 Å². The molecule has 0 saturated carbocycles. The van der Waals surface area contributed by atoms with Crippen molar-refractivity contribution in [1.29, 1.82) is 0 Å². The van der Waals surface area contributed by atoms with Gasteiger partial charge in [-0.05, 0) is 60.7 Å². The van der Waals surface area contributed by atoms with Gasteiger partial charge in [0.2, 0.25) is 15.9 Å². The average molecular weight is 543 g/mol. The number of carbonyl (C=O) groups excluding carboxylic acids is 1. The van der Waals surface area contributed by atoms with Gasteiger partial charge < -0.3 is 4.90 Å². The maximum Gasteiger partial charge on any atom is 0.416 e. The summed E-state index contributed by atoms with van der Waals surface area (Å²) in [5.74, 6) is -0.950. The van der Waals surface area contributed by atoms with Gasteiger partial charge in [0.15, 0.2) is 0 Å². The topological polar surface area (TPSA) is 57.7 Å². The van der Waals surface area contributed by atoms with Crippen molar-refractivity contribution >= 4 is 27.3 Å². The van der Waals surface area contributed by atoms with E-state index in [0.717, 1.165) is 27.4 Å². The molecule has 0 aliphatic carbocycles. The van der Waals surface area contributed by atoms with Crippen LogP contribution in [0.1, 0.15) is 36.3 Å². The number of carbonyl (C=O) groups is 1. The van der Waals surface area contributed by atoms with Gasteiger partial charge in [-0.25, -0.2) is 12.8 Å². The number of nitrogens with zero attached hydrogens (tertiary/aromatic N) is 2. The van der Waals surface area contributed by atoms with E-state index in [1.54, 1.807) is 13.8 Å². The molecule has 1 aromatic heterocycles. The first-order chi connectivity index (χ1) is 16.9. The Bertz CT molecular complexity index is 1260. The zero-order valence-corrected chi connectivity index (χ0v) is 21.3. The molecule has 0 N–H and O–H groups in total. The number of amides is 1. The van der Waals surface area contributed by atoms with Crippen LogP contribution in [-0.2, 0) is 34.1 Å². The Kier molecular flexibility index (Phi) is 8.91.